The molecular formula is C25H28F4N6O3S. The lowest BCUT2D eigenvalue weighted by Gasteiger charge is -2.34. The Hall–Kier alpha value is -3.42. The van der Waals surface area contributed by atoms with E-state index in [1.165, 1.54) is 24.8 Å². The van der Waals surface area contributed by atoms with Gasteiger partial charge in [0.2, 0.25) is 11.8 Å². The van der Waals surface area contributed by atoms with Gasteiger partial charge >= 0.3 is 6.18 Å². The lowest BCUT2D eigenvalue weighted by Crippen LogP contribution is -2.46. The lowest BCUT2D eigenvalue weighted by atomic mass is 9.85. The number of aromatic nitrogens is 2. The van der Waals surface area contributed by atoms with Crippen LogP contribution in [-0.2, 0) is 4.79 Å². The predicted molar refractivity (Wildman–Crippen MR) is 137 cm³/mol. The molecule has 2 heterocycles. The van der Waals surface area contributed by atoms with E-state index in [0.29, 0.717) is 0 Å². The highest BCUT2D eigenvalue weighted by atomic mass is 32.2. The van der Waals surface area contributed by atoms with E-state index in [2.05, 4.69) is 36.9 Å². The molecule has 0 unspecified atom stereocenters. The molecule has 0 bridgehead atoms. The van der Waals surface area contributed by atoms with Crippen molar-refractivity contribution in [2.45, 2.75) is 56.1 Å². The fourth-order valence-electron chi connectivity index (χ4n) is 4.75. The molecule has 2 saturated carbocycles. The van der Waals surface area contributed by atoms with Gasteiger partial charge in [-0.1, -0.05) is 25.3 Å². The molecule has 0 saturated heterocycles. The second-order valence-electron chi connectivity index (χ2n) is 9.95. The molecule has 210 valence electrons. The number of amides is 2. The average Bonchev–Trinajstić information content (AvgIpc) is 3.78. The summed E-state index contributed by atoms with van der Waals surface area (Å²) < 4.78 is 55.6. The molecule has 4 N–H and O–H groups in total. The van der Waals surface area contributed by atoms with E-state index in [4.69, 9.17) is 5.73 Å². The third kappa shape index (κ3) is 5.94. The van der Waals surface area contributed by atoms with E-state index in [1.807, 2.05) is 6.92 Å². The van der Waals surface area contributed by atoms with E-state index >= 15 is 4.39 Å². The molecule has 14 heteroatoms. The number of halogens is 4. The zero-order valence-electron chi connectivity index (χ0n) is 21.4. The molecule has 3 aliphatic rings. The van der Waals surface area contributed by atoms with Gasteiger partial charge in [-0.3, -0.25) is 14.6 Å². The van der Waals surface area contributed by atoms with Crippen LogP contribution in [0.15, 0.2) is 53.2 Å². The number of nitrogens with zero attached hydrogens (tertiary/aromatic N) is 3. The van der Waals surface area contributed by atoms with Gasteiger partial charge in [-0.15, -0.1) is 0 Å². The number of carbonyl (C=O) groups excluding carboxylic acids is 2. The van der Waals surface area contributed by atoms with Crippen LogP contribution in [0.5, 0.6) is 5.88 Å². The summed E-state index contributed by atoms with van der Waals surface area (Å²) in [6.07, 6.45) is 1.62. The molecule has 2 aliphatic carbocycles. The first kappa shape index (κ1) is 28.6. The molecule has 0 spiro atoms. The Morgan fingerprint density at radius 3 is 2.56 bits per heavy atom. The van der Waals surface area contributed by atoms with E-state index < -0.39 is 40.7 Å². The largest absolute Gasteiger partial charge is 0.467 e. The average molecular weight is 569 g/mol. The number of hydrogen-bond donors (Lipinski definition) is 3. The van der Waals surface area contributed by atoms with Crippen molar-refractivity contribution in [1.29, 1.82) is 0 Å². The van der Waals surface area contributed by atoms with Crippen LogP contribution in [0, 0.1) is 11.8 Å². The summed E-state index contributed by atoms with van der Waals surface area (Å²) >= 11 is 1.21. The van der Waals surface area contributed by atoms with Gasteiger partial charge in [0.1, 0.15) is 16.3 Å². The van der Waals surface area contributed by atoms with Crippen molar-refractivity contribution in [3.63, 3.8) is 0 Å². The van der Waals surface area contributed by atoms with Crippen molar-refractivity contribution in [3.8, 4) is 5.88 Å². The molecule has 0 radical (unpaired) electrons. The molecule has 1 aromatic rings. The van der Waals surface area contributed by atoms with E-state index in [0.717, 1.165) is 31.3 Å². The second kappa shape index (κ2) is 10.3. The lowest BCUT2D eigenvalue weighted by molar-refractivity contribution is -0.154. The number of aliphatic imine (C=N–C) groups is 1. The number of allylic oxidation sites excluding steroid dienone is 3. The third-order valence-corrected chi connectivity index (χ3v) is 8.40. The van der Waals surface area contributed by atoms with Gasteiger partial charge < -0.3 is 21.1 Å². The number of alkyl halides is 3. The Labute approximate surface area is 226 Å². The fourth-order valence-corrected chi connectivity index (χ4v) is 6.30. The molecule has 1 aliphatic heterocycles. The van der Waals surface area contributed by atoms with Gasteiger partial charge in [-0.05, 0) is 44.8 Å². The predicted octanol–water partition coefficient (Wildman–Crippen LogP) is 3.56. The summed E-state index contributed by atoms with van der Waals surface area (Å²) in [7, 11) is 0. The number of nitrogens with two attached hydrogens (primary N) is 1. The van der Waals surface area contributed by atoms with Gasteiger partial charge in [0.05, 0.1) is 17.9 Å². The van der Waals surface area contributed by atoms with Crippen LogP contribution in [0.3, 0.4) is 0 Å². The Bertz CT molecular complexity index is 1280. The summed E-state index contributed by atoms with van der Waals surface area (Å²) in [6.45, 7) is 7.51. The summed E-state index contributed by atoms with van der Waals surface area (Å²) in [4.78, 5) is 37.3. The van der Waals surface area contributed by atoms with Crippen molar-refractivity contribution in [1.82, 2.24) is 20.6 Å². The number of amidine groups is 1. The van der Waals surface area contributed by atoms with Crippen LogP contribution < -0.4 is 21.1 Å². The second-order valence-corrected chi connectivity index (χ2v) is 11.2. The number of hydrogen-bond acceptors (Lipinski definition) is 8. The number of thioether (sulfide) groups is 1. The Morgan fingerprint density at radius 1 is 1.28 bits per heavy atom. The maximum atomic E-state index is 15.3. The third-order valence-electron chi connectivity index (χ3n) is 6.95. The van der Waals surface area contributed by atoms with E-state index in [-0.39, 0.29) is 45.9 Å². The van der Waals surface area contributed by atoms with Crippen LogP contribution in [0.2, 0.25) is 0 Å². The summed E-state index contributed by atoms with van der Waals surface area (Å²) in [5.74, 6) is -2.33. The first-order valence-corrected chi connectivity index (χ1v) is 12.9. The minimum Gasteiger partial charge on any atom is -0.467 e. The molecule has 0 aromatic carbocycles. The topological polar surface area (TPSA) is 132 Å². The van der Waals surface area contributed by atoms with Gasteiger partial charge in [-0.25, -0.2) is 14.4 Å². The number of nitrogens with one attached hydrogen (secondary N) is 2. The van der Waals surface area contributed by atoms with Gasteiger partial charge in [0.25, 0.3) is 5.91 Å². The highest BCUT2D eigenvalue weighted by Gasteiger charge is 2.76. The summed E-state index contributed by atoms with van der Waals surface area (Å²) in [6, 6.07) is 0.169. The Morgan fingerprint density at radius 2 is 1.97 bits per heavy atom. The molecule has 2 amide bonds. The highest BCUT2D eigenvalue weighted by Crippen LogP contribution is 2.69. The van der Waals surface area contributed by atoms with Crippen molar-refractivity contribution >= 4 is 28.7 Å². The Balaban J connectivity index is 1.41. The van der Waals surface area contributed by atoms with E-state index in [1.54, 1.807) is 6.92 Å². The SMILES string of the molecule is C=C(/C(F)=C\C=C(/C)NC(=O)c1cnc(OCC(F)(F)F)cn1)[C@@]1(C)N=C(N)S[C@@]2(C(=O)NC3CC3)[C@@H](C)[C@@H]21. The van der Waals surface area contributed by atoms with Crippen LogP contribution >= 0.6 is 11.8 Å². The molecule has 2 fully saturated rings. The zero-order chi connectivity index (χ0) is 28.8. The molecule has 4 atom stereocenters. The van der Waals surface area contributed by atoms with Crippen molar-refractivity contribution in [2.24, 2.45) is 22.6 Å². The quantitative estimate of drug-likeness (QED) is 0.307. The molecule has 39 heavy (non-hydrogen) atoms. The number of fused-ring (bicyclic) bond motifs is 1. The van der Waals surface area contributed by atoms with Crippen molar-refractivity contribution in [3.05, 3.63) is 53.9 Å². The maximum Gasteiger partial charge on any atom is 0.422 e. The Kier molecular flexibility index (Phi) is 7.54. The number of rotatable bonds is 9. The van der Waals surface area contributed by atoms with Crippen LogP contribution in [0.25, 0.3) is 0 Å². The fraction of sp³-hybridized carbons (Fsp3) is 0.480. The minimum atomic E-state index is -4.54. The van der Waals surface area contributed by atoms with Crippen LogP contribution in [0.4, 0.5) is 17.6 Å². The van der Waals surface area contributed by atoms with E-state index in [9.17, 15) is 22.8 Å². The van der Waals surface area contributed by atoms with Crippen LogP contribution in [0.1, 0.15) is 44.1 Å². The van der Waals surface area contributed by atoms with Gasteiger partial charge in [0.15, 0.2) is 11.8 Å². The number of ether oxygens (including phenoxy) is 1. The van der Waals surface area contributed by atoms with Gasteiger partial charge in [0, 0.05) is 23.2 Å². The van der Waals surface area contributed by atoms with Crippen molar-refractivity contribution < 1.29 is 31.9 Å². The molecular weight excluding hydrogens is 540 g/mol. The first-order chi connectivity index (χ1) is 18.2. The first-order valence-electron chi connectivity index (χ1n) is 12.1. The zero-order valence-corrected chi connectivity index (χ0v) is 22.3. The molecule has 9 nitrogen and oxygen atoms in total. The molecule has 1 aromatic heterocycles. The summed E-state index contributed by atoms with van der Waals surface area (Å²) in [5.41, 5.74) is 5.06. The van der Waals surface area contributed by atoms with Gasteiger partial charge in [-0.2, -0.15) is 13.2 Å². The highest BCUT2D eigenvalue weighted by molar-refractivity contribution is 8.15. The van der Waals surface area contributed by atoms with Crippen molar-refractivity contribution in [2.75, 3.05) is 6.61 Å². The maximum absolute atomic E-state index is 15.3. The smallest absolute Gasteiger partial charge is 0.422 e. The normalized spacial score (nSPS) is 28.6. The summed E-state index contributed by atoms with van der Waals surface area (Å²) in [5, 5.41) is 5.70. The minimum absolute atomic E-state index is 0.0550. The monoisotopic (exact) mass is 568 g/mol. The van der Waals surface area contributed by atoms with Crippen LogP contribution in [-0.4, -0.2) is 56.1 Å². The number of carbonyl (C=O) groups is 2. The molecule has 4 rings (SSSR count). The standard InChI is InChI=1S/C25H28F4N6O3S/c1-12(33-20(36)17-9-32-18(10-31-17)38-11-24(27,28)29)5-8-16(26)13(2)23(4)19-14(3)25(19,39-22(30)35-23)21(37)34-15-6-7-15/h5,8-10,14-15,19H,2,6-7,11H2,1,3-4H3,(H2,30,35)(H,33,36)(H,34,37)/b12-5+,16-8+/t14-,19+,23+,25-/m0/s1.